The van der Waals surface area contributed by atoms with Crippen molar-refractivity contribution in [2.75, 3.05) is 12.3 Å². The molecule has 0 aliphatic heterocycles. The first-order valence-electron chi connectivity index (χ1n) is 9.64. The second-order valence-corrected chi connectivity index (χ2v) is 8.86. The molecule has 3 rings (SSSR count). The molecule has 0 atom stereocenters. The molecule has 3 aromatic rings. The molecule has 1 N–H and O–H groups in total. The number of carbonyl (C=O) groups excluding carboxylic acids is 1. The van der Waals surface area contributed by atoms with Gasteiger partial charge in [-0.25, -0.2) is 0 Å². The molecule has 7 heteroatoms. The summed E-state index contributed by atoms with van der Waals surface area (Å²) in [4.78, 5) is 13.5. The van der Waals surface area contributed by atoms with Gasteiger partial charge in [0, 0.05) is 28.9 Å². The van der Waals surface area contributed by atoms with Gasteiger partial charge in [-0.05, 0) is 24.0 Å². The number of nitrogens with one attached hydrogen (secondary N) is 1. The highest BCUT2D eigenvalue weighted by Crippen LogP contribution is 2.31. The fraction of sp³-hybridized carbons (Fsp3) is 0.318. The van der Waals surface area contributed by atoms with Crippen molar-refractivity contribution in [3.63, 3.8) is 0 Å². The van der Waals surface area contributed by atoms with Crippen molar-refractivity contribution in [3.05, 3.63) is 64.9 Å². The quantitative estimate of drug-likeness (QED) is 0.375. The van der Waals surface area contributed by atoms with Crippen molar-refractivity contribution in [1.82, 2.24) is 20.1 Å². The molecule has 0 radical (unpaired) electrons. The molecule has 0 saturated carbocycles. The molecular weight excluding hydrogens is 400 g/mol. The predicted octanol–water partition coefficient (Wildman–Crippen LogP) is 4.77. The van der Waals surface area contributed by atoms with Gasteiger partial charge in [0.05, 0.1) is 5.75 Å². The Bertz CT molecular complexity index is 947. The van der Waals surface area contributed by atoms with Crippen molar-refractivity contribution < 1.29 is 4.79 Å². The van der Waals surface area contributed by atoms with Gasteiger partial charge in [0.25, 0.3) is 0 Å². The van der Waals surface area contributed by atoms with Crippen LogP contribution in [0.1, 0.15) is 30.2 Å². The molecule has 0 unspecified atom stereocenters. The van der Waals surface area contributed by atoms with Crippen LogP contribution in [0.2, 0.25) is 0 Å². The topological polar surface area (TPSA) is 59.8 Å². The lowest BCUT2D eigenvalue weighted by atomic mass is 10.1. The van der Waals surface area contributed by atoms with Crippen LogP contribution in [-0.4, -0.2) is 33.0 Å². The standard InChI is InChI=1S/C22H26N4OS2/c1-4-12-26-21(18-13-19(16(2)3)28-14-18)24-25-22(26)29-15-20(27)23-11-10-17-8-6-5-7-9-17/h4-9,13-14,16H,1,10-12,15H2,2-3H3,(H,23,27). The summed E-state index contributed by atoms with van der Waals surface area (Å²) in [7, 11) is 0. The molecule has 0 aliphatic carbocycles. The third kappa shape index (κ3) is 5.81. The summed E-state index contributed by atoms with van der Waals surface area (Å²) in [6.07, 6.45) is 2.65. The number of hydrogen-bond donors (Lipinski definition) is 1. The van der Waals surface area contributed by atoms with E-state index < -0.39 is 0 Å². The largest absolute Gasteiger partial charge is 0.355 e. The molecule has 1 amide bonds. The molecule has 29 heavy (non-hydrogen) atoms. The van der Waals surface area contributed by atoms with Crippen LogP contribution >= 0.6 is 23.1 Å². The summed E-state index contributed by atoms with van der Waals surface area (Å²) in [5, 5.41) is 14.5. The maximum atomic E-state index is 12.2. The van der Waals surface area contributed by atoms with Gasteiger partial charge in [-0.1, -0.05) is 62.0 Å². The predicted molar refractivity (Wildman–Crippen MR) is 122 cm³/mol. The number of nitrogens with zero attached hydrogens (tertiary/aromatic N) is 3. The lowest BCUT2D eigenvalue weighted by Gasteiger charge is -2.08. The minimum atomic E-state index is -0.00161. The first kappa shape index (κ1) is 21.3. The van der Waals surface area contributed by atoms with E-state index in [2.05, 4.69) is 59.5 Å². The number of amides is 1. The summed E-state index contributed by atoms with van der Waals surface area (Å²) >= 11 is 3.14. The van der Waals surface area contributed by atoms with Crippen molar-refractivity contribution in [3.8, 4) is 11.4 Å². The van der Waals surface area contributed by atoms with Gasteiger partial charge in [-0.3, -0.25) is 9.36 Å². The summed E-state index contributed by atoms with van der Waals surface area (Å²) < 4.78 is 2.01. The lowest BCUT2D eigenvalue weighted by Crippen LogP contribution is -2.27. The highest BCUT2D eigenvalue weighted by molar-refractivity contribution is 7.99. The van der Waals surface area contributed by atoms with E-state index in [1.165, 1.54) is 22.2 Å². The van der Waals surface area contributed by atoms with Gasteiger partial charge in [0.1, 0.15) is 0 Å². The van der Waals surface area contributed by atoms with Crippen LogP contribution in [0, 0.1) is 0 Å². The van der Waals surface area contributed by atoms with Gasteiger partial charge in [-0.15, -0.1) is 28.1 Å². The normalized spacial score (nSPS) is 11.0. The van der Waals surface area contributed by atoms with E-state index in [0.29, 0.717) is 24.8 Å². The summed E-state index contributed by atoms with van der Waals surface area (Å²) in [6, 6.07) is 12.3. The fourth-order valence-electron chi connectivity index (χ4n) is 2.85. The van der Waals surface area contributed by atoms with Gasteiger partial charge in [0.15, 0.2) is 11.0 Å². The smallest absolute Gasteiger partial charge is 0.230 e. The van der Waals surface area contributed by atoms with Crippen LogP contribution in [0.15, 0.2) is 59.6 Å². The van der Waals surface area contributed by atoms with Crippen LogP contribution in [-0.2, 0) is 17.8 Å². The average Bonchev–Trinajstić information content (AvgIpc) is 3.35. The molecule has 0 aliphatic rings. The molecule has 0 fully saturated rings. The molecule has 2 heterocycles. The Morgan fingerprint density at radius 3 is 2.79 bits per heavy atom. The zero-order valence-corrected chi connectivity index (χ0v) is 18.4. The van der Waals surface area contributed by atoms with Crippen molar-refractivity contribution in [1.29, 1.82) is 0 Å². The highest BCUT2D eigenvalue weighted by atomic mass is 32.2. The van der Waals surface area contributed by atoms with Crippen LogP contribution in [0.3, 0.4) is 0 Å². The maximum absolute atomic E-state index is 12.2. The van der Waals surface area contributed by atoms with Crippen LogP contribution in [0.25, 0.3) is 11.4 Å². The summed E-state index contributed by atoms with van der Waals surface area (Å²) in [5.74, 6) is 1.61. The Kier molecular flexibility index (Phi) is 7.66. The van der Waals surface area contributed by atoms with E-state index in [1.54, 1.807) is 11.3 Å². The first-order chi connectivity index (χ1) is 14.1. The van der Waals surface area contributed by atoms with Crippen LogP contribution < -0.4 is 5.32 Å². The maximum Gasteiger partial charge on any atom is 0.230 e. The van der Waals surface area contributed by atoms with Gasteiger partial charge >= 0.3 is 0 Å². The highest BCUT2D eigenvalue weighted by Gasteiger charge is 2.16. The first-order valence-corrected chi connectivity index (χ1v) is 11.5. The van der Waals surface area contributed by atoms with Crippen LogP contribution in [0.5, 0.6) is 0 Å². The fourth-order valence-corrected chi connectivity index (χ4v) is 4.53. The molecule has 2 aromatic heterocycles. The number of hydrogen-bond acceptors (Lipinski definition) is 5. The van der Waals surface area contributed by atoms with Gasteiger partial charge in [0.2, 0.25) is 5.91 Å². The number of thiophene rings is 1. The Hall–Kier alpha value is -2.38. The Labute approximate surface area is 180 Å². The number of thioether (sulfide) groups is 1. The number of aromatic nitrogens is 3. The number of allylic oxidation sites excluding steroid dienone is 1. The number of benzene rings is 1. The second-order valence-electron chi connectivity index (χ2n) is 6.97. The minimum Gasteiger partial charge on any atom is -0.355 e. The molecule has 0 spiro atoms. The number of rotatable bonds is 10. The Balaban J connectivity index is 1.59. The monoisotopic (exact) mass is 426 g/mol. The molecule has 1 aromatic carbocycles. The second kappa shape index (κ2) is 10.4. The van der Waals surface area contributed by atoms with Gasteiger partial charge < -0.3 is 5.32 Å². The third-order valence-corrected chi connectivity index (χ3v) is 6.59. The van der Waals surface area contributed by atoms with E-state index in [0.717, 1.165) is 23.0 Å². The SMILES string of the molecule is C=CCn1c(SCC(=O)NCCc2ccccc2)nnc1-c1csc(C(C)C)c1. The Morgan fingerprint density at radius 1 is 1.31 bits per heavy atom. The Morgan fingerprint density at radius 2 is 2.10 bits per heavy atom. The van der Waals surface area contributed by atoms with Crippen molar-refractivity contribution >= 4 is 29.0 Å². The zero-order valence-electron chi connectivity index (χ0n) is 16.8. The van der Waals surface area contributed by atoms with Gasteiger partial charge in [-0.2, -0.15) is 0 Å². The average molecular weight is 427 g/mol. The molecule has 5 nitrogen and oxygen atoms in total. The lowest BCUT2D eigenvalue weighted by molar-refractivity contribution is -0.118. The zero-order chi connectivity index (χ0) is 20.6. The number of carbonyl (C=O) groups is 1. The van der Waals surface area contributed by atoms with Crippen molar-refractivity contribution in [2.24, 2.45) is 0 Å². The molecule has 0 saturated heterocycles. The third-order valence-electron chi connectivity index (χ3n) is 4.39. The van der Waals surface area contributed by atoms with Crippen molar-refractivity contribution in [2.45, 2.75) is 37.9 Å². The molecule has 0 bridgehead atoms. The van der Waals surface area contributed by atoms with Crippen LogP contribution in [0.4, 0.5) is 0 Å². The minimum absolute atomic E-state index is 0.00161. The van der Waals surface area contributed by atoms with E-state index in [1.807, 2.05) is 28.8 Å². The van der Waals surface area contributed by atoms with E-state index in [4.69, 9.17) is 0 Å². The van der Waals surface area contributed by atoms with E-state index in [9.17, 15) is 4.79 Å². The molecule has 152 valence electrons. The van der Waals surface area contributed by atoms with E-state index in [-0.39, 0.29) is 5.91 Å². The molecular formula is C22H26N4OS2. The summed E-state index contributed by atoms with van der Waals surface area (Å²) in [5.41, 5.74) is 2.28. The summed E-state index contributed by atoms with van der Waals surface area (Å²) in [6.45, 7) is 9.44. The van der Waals surface area contributed by atoms with E-state index >= 15 is 0 Å².